The number of carbonyl (C=O) groups excluding carboxylic acids is 1. The average Bonchev–Trinajstić information content (AvgIpc) is 3.57. The molecule has 0 spiro atoms. The van der Waals surface area contributed by atoms with Crippen LogP contribution in [0.3, 0.4) is 0 Å². The third-order valence-electron chi connectivity index (χ3n) is 8.14. The van der Waals surface area contributed by atoms with Crippen molar-refractivity contribution >= 4 is 17.5 Å². The molecule has 9 nitrogen and oxygen atoms in total. The van der Waals surface area contributed by atoms with Gasteiger partial charge in [-0.15, -0.1) is 10.2 Å². The van der Waals surface area contributed by atoms with E-state index in [1.54, 1.807) is 48.3 Å². The molecule has 2 aromatic heterocycles. The number of rotatable bonds is 9. The zero-order valence-corrected chi connectivity index (χ0v) is 24.6. The summed E-state index contributed by atoms with van der Waals surface area (Å²) in [7, 11) is 1.78. The minimum Gasteiger partial charge on any atom is -0.373 e. The van der Waals surface area contributed by atoms with E-state index in [4.69, 9.17) is 4.74 Å². The van der Waals surface area contributed by atoms with Gasteiger partial charge in [0.2, 0.25) is 0 Å². The summed E-state index contributed by atoms with van der Waals surface area (Å²) in [6.45, 7) is 1.53. The molecule has 0 radical (unpaired) electrons. The number of aryl methyl sites for hydroxylation is 1. The molecule has 3 heterocycles. The number of carbonyl (C=O) groups is 1. The number of nitrogens with one attached hydrogen (secondary N) is 1. The first-order valence-corrected chi connectivity index (χ1v) is 14.5. The highest BCUT2D eigenvalue weighted by Gasteiger charge is 2.41. The fraction of sp³-hybridized carbons (Fsp3) is 0.344. The van der Waals surface area contributed by atoms with Crippen LogP contribution >= 0.6 is 0 Å². The van der Waals surface area contributed by atoms with Crippen molar-refractivity contribution in [3.8, 4) is 28.6 Å². The van der Waals surface area contributed by atoms with E-state index < -0.39 is 23.3 Å². The molecule has 6 rings (SSSR count). The monoisotopic (exact) mass is 619 g/mol. The fourth-order valence-electron chi connectivity index (χ4n) is 5.70. The van der Waals surface area contributed by atoms with Crippen molar-refractivity contribution in [1.82, 2.24) is 19.7 Å². The summed E-state index contributed by atoms with van der Waals surface area (Å²) in [6, 6.07) is 12.9. The summed E-state index contributed by atoms with van der Waals surface area (Å²) < 4.78 is 64.5. The molecular weight excluding hydrogens is 590 g/mol. The number of hydrogen-bond acceptors (Lipinski definition) is 7. The number of nitrogens with zero attached hydrogens (tertiary/aromatic N) is 6. The Morgan fingerprint density at radius 3 is 2.56 bits per heavy atom. The van der Waals surface area contributed by atoms with E-state index in [1.807, 2.05) is 6.92 Å². The minimum atomic E-state index is -4.74. The minimum absolute atomic E-state index is 0.106. The van der Waals surface area contributed by atoms with Gasteiger partial charge in [0.05, 0.1) is 37.0 Å². The number of halogens is 4. The van der Waals surface area contributed by atoms with Crippen LogP contribution in [0.5, 0.6) is 0 Å². The highest BCUT2D eigenvalue weighted by Crippen LogP contribution is 2.41. The number of aromatic nitrogens is 4. The van der Waals surface area contributed by atoms with Gasteiger partial charge in [0.25, 0.3) is 5.91 Å². The van der Waals surface area contributed by atoms with Crippen LogP contribution in [0.4, 0.5) is 29.2 Å². The molecule has 0 unspecified atom stereocenters. The van der Waals surface area contributed by atoms with Gasteiger partial charge in [-0.1, -0.05) is 0 Å². The molecular formula is C32H29F4N7O2. The molecule has 1 amide bonds. The SMILES string of the molecule is CCNc1cc(-c2cc(C#N)ccc2-c2nncn2C)cc(N2Cc3c(cc(COCC4(F)CCC4)cc3C(F)(F)F)C2=O)n1. The van der Waals surface area contributed by atoms with Gasteiger partial charge in [-0.2, -0.15) is 18.4 Å². The maximum atomic E-state index is 14.4. The molecule has 232 valence electrons. The van der Waals surface area contributed by atoms with Gasteiger partial charge < -0.3 is 14.6 Å². The zero-order chi connectivity index (χ0) is 31.9. The summed E-state index contributed by atoms with van der Waals surface area (Å²) >= 11 is 0. The second kappa shape index (κ2) is 11.6. The lowest BCUT2D eigenvalue weighted by atomic mass is 9.83. The first-order valence-electron chi connectivity index (χ1n) is 14.5. The number of amides is 1. The number of nitriles is 1. The lowest BCUT2D eigenvalue weighted by Crippen LogP contribution is -2.36. The van der Waals surface area contributed by atoms with Gasteiger partial charge in [0.15, 0.2) is 5.82 Å². The summed E-state index contributed by atoms with van der Waals surface area (Å²) in [5.74, 6) is 0.403. The van der Waals surface area contributed by atoms with Gasteiger partial charge in [0.1, 0.15) is 23.6 Å². The molecule has 0 saturated heterocycles. The molecule has 1 aliphatic heterocycles. The van der Waals surface area contributed by atoms with Crippen LogP contribution in [0.25, 0.3) is 22.5 Å². The Kier molecular flexibility index (Phi) is 7.78. The summed E-state index contributed by atoms with van der Waals surface area (Å²) in [6.07, 6.45) is -1.73. The first-order chi connectivity index (χ1) is 21.5. The third kappa shape index (κ3) is 5.85. The molecule has 45 heavy (non-hydrogen) atoms. The van der Waals surface area contributed by atoms with Crippen LogP contribution in [0.15, 0.2) is 48.8 Å². The number of anilines is 2. The molecule has 1 N–H and O–H groups in total. The molecule has 4 aromatic rings. The quantitative estimate of drug-likeness (QED) is 0.215. The van der Waals surface area contributed by atoms with Crippen LogP contribution in [0.2, 0.25) is 0 Å². The molecule has 1 fully saturated rings. The fourth-order valence-corrected chi connectivity index (χ4v) is 5.70. The largest absolute Gasteiger partial charge is 0.416 e. The first kappa shape index (κ1) is 30.2. The maximum Gasteiger partial charge on any atom is 0.416 e. The highest BCUT2D eigenvalue weighted by molar-refractivity contribution is 6.10. The van der Waals surface area contributed by atoms with Gasteiger partial charge in [-0.3, -0.25) is 9.69 Å². The molecule has 13 heteroatoms. The van der Waals surface area contributed by atoms with Crippen LogP contribution < -0.4 is 10.2 Å². The molecule has 0 bridgehead atoms. The van der Waals surface area contributed by atoms with Crippen molar-refractivity contribution in [3.63, 3.8) is 0 Å². The van der Waals surface area contributed by atoms with E-state index in [-0.39, 0.29) is 42.3 Å². The van der Waals surface area contributed by atoms with E-state index in [1.165, 1.54) is 11.0 Å². The predicted octanol–water partition coefficient (Wildman–Crippen LogP) is 6.44. The zero-order valence-electron chi connectivity index (χ0n) is 24.6. The molecule has 1 saturated carbocycles. The van der Waals surface area contributed by atoms with Crippen molar-refractivity contribution in [1.29, 1.82) is 5.26 Å². The molecule has 2 aromatic carbocycles. The second-order valence-electron chi connectivity index (χ2n) is 11.3. The van der Waals surface area contributed by atoms with Crippen molar-refractivity contribution in [3.05, 3.63) is 76.6 Å². The van der Waals surface area contributed by atoms with Gasteiger partial charge in [-0.05, 0) is 90.9 Å². The average molecular weight is 620 g/mol. The Morgan fingerprint density at radius 1 is 1.11 bits per heavy atom. The topological polar surface area (TPSA) is 109 Å². The molecule has 2 aliphatic rings. The normalized spacial score (nSPS) is 15.5. The van der Waals surface area contributed by atoms with Crippen LogP contribution in [-0.2, 0) is 31.1 Å². The van der Waals surface area contributed by atoms with Crippen LogP contribution in [0, 0.1) is 11.3 Å². The van der Waals surface area contributed by atoms with Gasteiger partial charge in [0, 0.05) is 24.7 Å². The lowest BCUT2D eigenvalue weighted by Gasteiger charge is -2.33. The maximum absolute atomic E-state index is 14.4. The van der Waals surface area contributed by atoms with Crippen molar-refractivity contribution in [2.24, 2.45) is 7.05 Å². The Hall–Kier alpha value is -4.83. The number of hydrogen-bond donors (Lipinski definition) is 1. The number of alkyl halides is 4. The van der Waals surface area contributed by atoms with Crippen molar-refractivity contribution in [2.75, 3.05) is 23.4 Å². The van der Waals surface area contributed by atoms with Crippen LogP contribution in [0.1, 0.15) is 58.8 Å². The van der Waals surface area contributed by atoms with E-state index in [2.05, 4.69) is 26.6 Å². The predicted molar refractivity (Wildman–Crippen MR) is 158 cm³/mol. The van der Waals surface area contributed by atoms with E-state index in [0.717, 1.165) is 12.5 Å². The van der Waals surface area contributed by atoms with E-state index >= 15 is 0 Å². The van der Waals surface area contributed by atoms with Crippen LogP contribution in [-0.4, -0.2) is 44.5 Å². The van der Waals surface area contributed by atoms with E-state index in [0.29, 0.717) is 53.3 Å². The number of pyridine rings is 1. The summed E-state index contributed by atoms with van der Waals surface area (Å²) in [5, 5.41) is 20.9. The van der Waals surface area contributed by atoms with E-state index in [9.17, 15) is 27.6 Å². The Bertz CT molecular complexity index is 1830. The Labute approximate surface area is 256 Å². The Morgan fingerprint density at radius 2 is 1.91 bits per heavy atom. The lowest BCUT2D eigenvalue weighted by molar-refractivity contribution is -0.138. The number of ether oxygens (including phenoxy) is 1. The highest BCUT2D eigenvalue weighted by atomic mass is 19.4. The molecule has 1 aliphatic carbocycles. The standard InChI is InChI=1S/C32H29F4N7O2/c1-3-38-27-12-21(23-9-19(14-37)5-6-22(23)29-41-39-18-42(29)2)13-28(40-27)43-15-25-24(30(43)44)10-20(11-26(25)32(34,35)36)16-45-17-31(33)7-4-8-31/h5-6,9-13,18H,3-4,7-8,15-17H2,1-2H3,(H,38,40). The van der Waals surface area contributed by atoms with Gasteiger partial charge in [-0.25, -0.2) is 9.37 Å². The summed E-state index contributed by atoms with van der Waals surface area (Å²) in [5.41, 5.74) is -0.323. The summed E-state index contributed by atoms with van der Waals surface area (Å²) in [4.78, 5) is 19.5. The second-order valence-corrected chi connectivity index (χ2v) is 11.3. The Balaban J connectivity index is 1.40. The van der Waals surface area contributed by atoms with Crippen molar-refractivity contribution in [2.45, 2.75) is 51.2 Å². The van der Waals surface area contributed by atoms with Crippen molar-refractivity contribution < 1.29 is 27.1 Å². The van der Waals surface area contributed by atoms with Gasteiger partial charge >= 0.3 is 6.18 Å². The third-order valence-corrected chi connectivity index (χ3v) is 8.14. The number of fused-ring (bicyclic) bond motifs is 1. The molecule has 0 atom stereocenters. The number of benzene rings is 2. The smallest absolute Gasteiger partial charge is 0.373 e.